The van der Waals surface area contributed by atoms with Gasteiger partial charge in [0.25, 0.3) is 0 Å². The highest BCUT2D eigenvalue weighted by Gasteiger charge is 2.04. The van der Waals surface area contributed by atoms with Crippen LogP contribution in [-0.2, 0) is 16.1 Å². The smallest absolute Gasteiger partial charge is 0.158 e. The fraction of sp³-hybridized carbons (Fsp3) is 0.692. The Labute approximate surface area is 114 Å². The zero-order valence-electron chi connectivity index (χ0n) is 12.2. The van der Waals surface area contributed by atoms with Crippen molar-refractivity contribution in [3.63, 3.8) is 0 Å². The zero-order valence-corrected chi connectivity index (χ0v) is 12.2. The maximum atomic E-state index is 5.47. The topological polar surface area (TPSA) is 68.3 Å². The van der Waals surface area contributed by atoms with Gasteiger partial charge < -0.3 is 20.1 Å². The molecule has 1 aromatic heterocycles. The van der Waals surface area contributed by atoms with Crippen molar-refractivity contribution in [1.29, 1.82) is 0 Å². The standard InChI is InChI=1S/C13H24N4O2/c1-5-18-9-13-16-11(14-4)8-12(17-13)15-6-7-19-10(2)3/h8,10H,5-7,9H2,1-4H3,(H2,14,15,16,17). The average molecular weight is 268 g/mol. The molecule has 0 aliphatic rings. The minimum absolute atomic E-state index is 0.244. The first-order chi connectivity index (χ1) is 9.15. The third-order valence-electron chi connectivity index (χ3n) is 2.32. The molecule has 0 amide bonds. The van der Waals surface area contributed by atoms with Crippen LogP contribution in [-0.4, -0.2) is 42.9 Å². The fourth-order valence-electron chi connectivity index (χ4n) is 1.45. The lowest BCUT2D eigenvalue weighted by molar-refractivity contribution is 0.0870. The Hall–Kier alpha value is -1.40. The van der Waals surface area contributed by atoms with Gasteiger partial charge in [-0.3, -0.25) is 0 Å². The summed E-state index contributed by atoms with van der Waals surface area (Å²) in [5.41, 5.74) is 0. The molecule has 0 saturated heterocycles. The SMILES string of the molecule is CCOCc1nc(NC)cc(NCCOC(C)C)n1. The highest BCUT2D eigenvalue weighted by Crippen LogP contribution is 2.11. The van der Waals surface area contributed by atoms with Gasteiger partial charge >= 0.3 is 0 Å². The molecule has 0 spiro atoms. The lowest BCUT2D eigenvalue weighted by atomic mass is 10.4. The van der Waals surface area contributed by atoms with Crippen molar-refractivity contribution in [2.45, 2.75) is 33.5 Å². The van der Waals surface area contributed by atoms with Crippen molar-refractivity contribution in [2.24, 2.45) is 0 Å². The molecule has 0 atom stereocenters. The summed E-state index contributed by atoms with van der Waals surface area (Å²) in [7, 11) is 1.83. The average Bonchev–Trinajstić information content (AvgIpc) is 2.41. The fourth-order valence-corrected chi connectivity index (χ4v) is 1.45. The van der Waals surface area contributed by atoms with Gasteiger partial charge in [0.2, 0.25) is 0 Å². The van der Waals surface area contributed by atoms with Crippen LogP contribution in [0.25, 0.3) is 0 Å². The second-order valence-corrected chi connectivity index (χ2v) is 4.29. The molecule has 0 saturated carbocycles. The summed E-state index contributed by atoms with van der Waals surface area (Å²) in [6.07, 6.45) is 0.244. The van der Waals surface area contributed by atoms with Crippen LogP contribution in [0, 0.1) is 0 Å². The summed E-state index contributed by atoms with van der Waals surface area (Å²) >= 11 is 0. The Morgan fingerprint density at radius 3 is 2.63 bits per heavy atom. The van der Waals surface area contributed by atoms with Gasteiger partial charge in [0, 0.05) is 26.3 Å². The van der Waals surface area contributed by atoms with E-state index < -0.39 is 0 Å². The second-order valence-electron chi connectivity index (χ2n) is 4.29. The third kappa shape index (κ3) is 6.35. The molecule has 1 aromatic rings. The summed E-state index contributed by atoms with van der Waals surface area (Å²) in [5, 5.41) is 6.23. The largest absolute Gasteiger partial charge is 0.377 e. The predicted molar refractivity (Wildman–Crippen MR) is 76.5 cm³/mol. The molecule has 0 unspecified atom stereocenters. The van der Waals surface area contributed by atoms with Gasteiger partial charge in [0.1, 0.15) is 18.2 Å². The summed E-state index contributed by atoms with van der Waals surface area (Å²) in [6, 6.07) is 1.87. The first-order valence-electron chi connectivity index (χ1n) is 6.64. The van der Waals surface area contributed by atoms with E-state index in [0.29, 0.717) is 32.2 Å². The molecule has 1 rings (SSSR count). The number of nitrogens with one attached hydrogen (secondary N) is 2. The van der Waals surface area contributed by atoms with Crippen molar-refractivity contribution in [3.05, 3.63) is 11.9 Å². The molecule has 0 radical (unpaired) electrons. The number of anilines is 2. The number of nitrogens with zero attached hydrogens (tertiary/aromatic N) is 2. The molecule has 0 aromatic carbocycles. The van der Waals surface area contributed by atoms with E-state index in [9.17, 15) is 0 Å². The molecule has 19 heavy (non-hydrogen) atoms. The van der Waals surface area contributed by atoms with Gasteiger partial charge in [-0.25, -0.2) is 9.97 Å². The van der Waals surface area contributed by atoms with Crippen LogP contribution in [0.15, 0.2) is 6.07 Å². The second kappa shape index (κ2) is 8.66. The van der Waals surface area contributed by atoms with Gasteiger partial charge in [0.05, 0.1) is 12.7 Å². The lowest BCUT2D eigenvalue weighted by Gasteiger charge is -2.11. The van der Waals surface area contributed by atoms with E-state index in [0.717, 1.165) is 11.6 Å². The van der Waals surface area contributed by atoms with Crippen molar-refractivity contribution in [1.82, 2.24) is 9.97 Å². The van der Waals surface area contributed by atoms with Crippen molar-refractivity contribution >= 4 is 11.6 Å². The molecule has 2 N–H and O–H groups in total. The first kappa shape index (κ1) is 15.7. The Balaban J connectivity index is 2.55. The normalized spacial score (nSPS) is 10.8. The van der Waals surface area contributed by atoms with Crippen molar-refractivity contribution in [3.8, 4) is 0 Å². The van der Waals surface area contributed by atoms with Gasteiger partial charge in [-0.05, 0) is 20.8 Å². The highest BCUT2D eigenvalue weighted by atomic mass is 16.5. The first-order valence-corrected chi connectivity index (χ1v) is 6.64. The Morgan fingerprint density at radius 2 is 2.00 bits per heavy atom. The highest BCUT2D eigenvalue weighted by molar-refractivity contribution is 5.47. The van der Waals surface area contributed by atoms with E-state index in [-0.39, 0.29) is 6.10 Å². The molecule has 0 fully saturated rings. The molecule has 1 heterocycles. The van der Waals surface area contributed by atoms with E-state index in [1.54, 1.807) is 0 Å². The molecule has 108 valence electrons. The Morgan fingerprint density at radius 1 is 1.26 bits per heavy atom. The van der Waals surface area contributed by atoms with Crippen LogP contribution < -0.4 is 10.6 Å². The van der Waals surface area contributed by atoms with E-state index in [2.05, 4.69) is 20.6 Å². The number of rotatable bonds is 9. The van der Waals surface area contributed by atoms with Crippen LogP contribution in [0.4, 0.5) is 11.6 Å². The maximum absolute atomic E-state index is 5.47. The van der Waals surface area contributed by atoms with E-state index in [1.165, 1.54) is 0 Å². The molecular weight excluding hydrogens is 244 g/mol. The molecule has 0 aliphatic heterocycles. The zero-order chi connectivity index (χ0) is 14.1. The van der Waals surface area contributed by atoms with Crippen LogP contribution in [0.5, 0.6) is 0 Å². The van der Waals surface area contributed by atoms with Gasteiger partial charge in [-0.1, -0.05) is 0 Å². The molecule has 6 heteroatoms. The van der Waals surface area contributed by atoms with Crippen molar-refractivity contribution < 1.29 is 9.47 Å². The van der Waals surface area contributed by atoms with E-state index >= 15 is 0 Å². The molecule has 0 aliphatic carbocycles. The predicted octanol–water partition coefficient (Wildman–Crippen LogP) is 1.89. The van der Waals surface area contributed by atoms with Crippen LogP contribution >= 0.6 is 0 Å². The number of hydrogen-bond acceptors (Lipinski definition) is 6. The summed E-state index contributed by atoms with van der Waals surface area (Å²) in [4.78, 5) is 8.72. The van der Waals surface area contributed by atoms with Crippen LogP contribution in [0.1, 0.15) is 26.6 Å². The number of ether oxygens (including phenoxy) is 2. The van der Waals surface area contributed by atoms with E-state index in [4.69, 9.17) is 9.47 Å². The minimum Gasteiger partial charge on any atom is -0.377 e. The lowest BCUT2D eigenvalue weighted by Crippen LogP contribution is -2.15. The monoisotopic (exact) mass is 268 g/mol. The van der Waals surface area contributed by atoms with Gasteiger partial charge in [-0.2, -0.15) is 0 Å². The van der Waals surface area contributed by atoms with E-state index in [1.807, 2.05) is 33.9 Å². The number of aromatic nitrogens is 2. The third-order valence-corrected chi connectivity index (χ3v) is 2.32. The van der Waals surface area contributed by atoms with Crippen molar-refractivity contribution in [2.75, 3.05) is 37.4 Å². The summed E-state index contributed by atoms with van der Waals surface area (Å²) in [6.45, 7) is 8.42. The molecular formula is C13H24N4O2. The Kier molecular flexibility index (Phi) is 7.14. The van der Waals surface area contributed by atoms with Gasteiger partial charge in [0.15, 0.2) is 5.82 Å². The molecule has 0 bridgehead atoms. The molecule has 6 nitrogen and oxygen atoms in total. The van der Waals surface area contributed by atoms with Crippen LogP contribution in [0.2, 0.25) is 0 Å². The quantitative estimate of drug-likeness (QED) is 0.667. The maximum Gasteiger partial charge on any atom is 0.158 e. The Bertz CT molecular complexity index is 372. The number of hydrogen-bond donors (Lipinski definition) is 2. The summed E-state index contributed by atoms with van der Waals surface area (Å²) < 4.78 is 10.8. The van der Waals surface area contributed by atoms with Crippen LogP contribution in [0.3, 0.4) is 0 Å². The minimum atomic E-state index is 0.244. The summed E-state index contributed by atoms with van der Waals surface area (Å²) in [5.74, 6) is 2.22. The van der Waals surface area contributed by atoms with Gasteiger partial charge in [-0.15, -0.1) is 0 Å².